The molecule has 148 valence electrons. The van der Waals surface area contributed by atoms with E-state index in [-0.39, 0.29) is 18.1 Å². The molecule has 1 atom stereocenters. The van der Waals surface area contributed by atoms with Gasteiger partial charge in [0.25, 0.3) is 5.91 Å². The van der Waals surface area contributed by atoms with E-state index in [9.17, 15) is 14.4 Å². The van der Waals surface area contributed by atoms with Gasteiger partial charge in [0.15, 0.2) is 17.6 Å². The number of aryl methyl sites for hydroxylation is 1. The number of rotatable bonds is 5. The Balaban J connectivity index is 1.67. The van der Waals surface area contributed by atoms with Crippen molar-refractivity contribution in [2.24, 2.45) is 0 Å². The molecule has 9 heteroatoms. The number of aromatic nitrogens is 1. The normalized spacial score (nSPS) is 13.0. The van der Waals surface area contributed by atoms with Crippen LogP contribution in [0.15, 0.2) is 18.2 Å². The molecule has 1 aromatic heterocycles. The first kappa shape index (κ1) is 19.3. The number of hydrogen-bond donors (Lipinski definition) is 2. The predicted molar refractivity (Wildman–Crippen MR) is 97.7 cm³/mol. The van der Waals surface area contributed by atoms with Gasteiger partial charge in [0.1, 0.15) is 5.69 Å². The molecule has 0 radical (unpaired) electrons. The van der Waals surface area contributed by atoms with E-state index in [1.165, 1.54) is 14.0 Å². The molecule has 0 bridgehead atoms. The lowest BCUT2D eigenvalue weighted by Crippen LogP contribution is -2.30. The van der Waals surface area contributed by atoms with Gasteiger partial charge < -0.3 is 29.2 Å². The molecule has 0 saturated heterocycles. The van der Waals surface area contributed by atoms with Crippen LogP contribution in [0.1, 0.15) is 39.0 Å². The predicted octanol–water partition coefficient (Wildman–Crippen LogP) is 2.33. The standard InChI is InChI=1S/C19H20N2O7/c1-9-15(18(23)25-4)10(2)20-16(9)19(24)28-11(3)17(22)21-12-5-6-13-14(7-12)27-8-26-13/h5-7,11,20H,8H2,1-4H3,(H,21,22)/t11-/m0/s1. The lowest BCUT2D eigenvalue weighted by molar-refractivity contribution is -0.123. The summed E-state index contributed by atoms with van der Waals surface area (Å²) in [5, 5.41) is 2.65. The van der Waals surface area contributed by atoms with Crippen molar-refractivity contribution in [3.05, 3.63) is 40.7 Å². The topological polar surface area (TPSA) is 116 Å². The van der Waals surface area contributed by atoms with Gasteiger partial charge in [0.2, 0.25) is 6.79 Å². The average Bonchev–Trinajstić information content (AvgIpc) is 3.24. The molecule has 1 aromatic carbocycles. The lowest BCUT2D eigenvalue weighted by Gasteiger charge is -2.13. The Morgan fingerprint density at radius 1 is 1.14 bits per heavy atom. The van der Waals surface area contributed by atoms with Crippen LogP contribution < -0.4 is 14.8 Å². The number of anilines is 1. The van der Waals surface area contributed by atoms with Crippen molar-refractivity contribution in [3.63, 3.8) is 0 Å². The lowest BCUT2D eigenvalue weighted by atomic mass is 10.1. The van der Waals surface area contributed by atoms with Crippen LogP contribution in [0.2, 0.25) is 0 Å². The first-order chi connectivity index (χ1) is 13.3. The average molecular weight is 388 g/mol. The Morgan fingerprint density at radius 2 is 1.86 bits per heavy atom. The van der Waals surface area contributed by atoms with Crippen molar-refractivity contribution >= 4 is 23.5 Å². The Kier molecular flexibility index (Phi) is 5.25. The number of aromatic amines is 1. The number of H-pyrrole nitrogens is 1. The van der Waals surface area contributed by atoms with Crippen molar-refractivity contribution in [3.8, 4) is 11.5 Å². The van der Waals surface area contributed by atoms with Gasteiger partial charge in [-0.05, 0) is 38.5 Å². The molecule has 1 aliphatic rings. The van der Waals surface area contributed by atoms with Crippen LogP contribution in [0.25, 0.3) is 0 Å². The van der Waals surface area contributed by atoms with Crippen LogP contribution >= 0.6 is 0 Å². The van der Waals surface area contributed by atoms with Gasteiger partial charge in [-0.1, -0.05) is 0 Å². The van der Waals surface area contributed by atoms with Crippen LogP contribution in [0.4, 0.5) is 5.69 Å². The molecule has 1 amide bonds. The minimum Gasteiger partial charge on any atom is -0.465 e. The highest BCUT2D eigenvalue weighted by molar-refractivity contribution is 6.00. The van der Waals surface area contributed by atoms with Gasteiger partial charge >= 0.3 is 11.9 Å². The highest BCUT2D eigenvalue weighted by atomic mass is 16.7. The molecule has 3 rings (SSSR count). The van der Waals surface area contributed by atoms with Gasteiger partial charge in [-0.3, -0.25) is 4.79 Å². The van der Waals surface area contributed by atoms with E-state index < -0.39 is 23.9 Å². The summed E-state index contributed by atoms with van der Waals surface area (Å²) in [5.41, 5.74) is 1.73. The smallest absolute Gasteiger partial charge is 0.355 e. The minimum atomic E-state index is -1.07. The molecular weight excluding hydrogens is 368 g/mol. The molecule has 2 N–H and O–H groups in total. The third-order valence-electron chi connectivity index (χ3n) is 4.32. The van der Waals surface area contributed by atoms with Gasteiger partial charge in [0, 0.05) is 17.4 Å². The quantitative estimate of drug-likeness (QED) is 0.755. The summed E-state index contributed by atoms with van der Waals surface area (Å²) in [6.07, 6.45) is -1.07. The SMILES string of the molecule is COC(=O)c1c(C)[nH]c(C(=O)O[C@@H](C)C(=O)Nc2ccc3c(c2)OCO3)c1C. The van der Waals surface area contributed by atoms with Crippen molar-refractivity contribution in [2.45, 2.75) is 26.9 Å². The maximum atomic E-state index is 12.4. The van der Waals surface area contributed by atoms with Crippen LogP contribution in [0, 0.1) is 13.8 Å². The third-order valence-corrected chi connectivity index (χ3v) is 4.32. The highest BCUT2D eigenvalue weighted by Gasteiger charge is 2.26. The van der Waals surface area contributed by atoms with E-state index in [2.05, 4.69) is 10.3 Å². The minimum absolute atomic E-state index is 0.0978. The number of amides is 1. The summed E-state index contributed by atoms with van der Waals surface area (Å²) in [6, 6.07) is 4.95. The Bertz CT molecular complexity index is 948. The molecule has 1 aliphatic heterocycles. The van der Waals surface area contributed by atoms with Crippen molar-refractivity contribution in [1.82, 2.24) is 4.98 Å². The monoisotopic (exact) mass is 388 g/mol. The summed E-state index contributed by atoms with van der Waals surface area (Å²) in [4.78, 5) is 39.4. The summed E-state index contributed by atoms with van der Waals surface area (Å²) < 4.78 is 20.4. The summed E-state index contributed by atoms with van der Waals surface area (Å²) in [6.45, 7) is 4.82. The van der Waals surface area contributed by atoms with Crippen molar-refractivity contribution in [1.29, 1.82) is 0 Å². The molecule has 0 fully saturated rings. The zero-order valence-electron chi connectivity index (χ0n) is 15.9. The third kappa shape index (κ3) is 3.64. The fourth-order valence-electron chi connectivity index (χ4n) is 2.85. The number of carbonyl (C=O) groups excluding carboxylic acids is 3. The summed E-state index contributed by atoms with van der Waals surface area (Å²) >= 11 is 0. The number of benzene rings is 1. The van der Waals surface area contributed by atoms with Gasteiger partial charge in [0.05, 0.1) is 12.7 Å². The fraction of sp³-hybridized carbons (Fsp3) is 0.316. The molecule has 2 heterocycles. The van der Waals surface area contributed by atoms with E-state index >= 15 is 0 Å². The number of nitrogens with one attached hydrogen (secondary N) is 2. The number of esters is 2. The molecule has 0 spiro atoms. The van der Waals surface area contributed by atoms with Crippen LogP contribution in [-0.2, 0) is 14.3 Å². The van der Waals surface area contributed by atoms with Crippen LogP contribution in [0.5, 0.6) is 11.5 Å². The molecule has 0 unspecified atom stereocenters. The number of carbonyl (C=O) groups is 3. The second-order valence-corrected chi connectivity index (χ2v) is 6.22. The Hall–Kier alpha value is -3.49. The first-order valence-corrected chi connectivity index (χ1v) is 8.50. The van der Waals surface area contributed by atoms with E-state index in [1.54, 1.807) is 32.0 Å². The number of hydrogen-bond acceptors (Lipinski definition) is 7. The molecule has 9 nitrogen and oxygen atoms in total. The zero-order valence-corrected chi connectivity index (χ0v) is 15.9. The molecular formula is C19H20N2O7. The fourth-order valence-corrected chi connectivity index (χ4v) is 2.85. The van der Waals surface area contributed by atoms with E-state index in [0.717, 1.165) is 0 Å². The number of fused-ring (bicyclic) bond motifs is 1. The zero-order chi connectivity index (χ0) is 20.4. The van der Waals surface area contributed by atoms with Crippen LogP contribution in [0.3, 0.4) is 0 Å². The summed E-state index contributed by atoms with van der Waals surface area (Å²) in [5.74, 6) is -0.698. The largest absolute Gasteiger partial charge is 0.465 e. The molecule has 0 saturated carbocycles. The second-order valence-electron chi connectivity index (χ2n) is 6.22. The van der Waals surface area contributed by atoms with Crippen molar-refractivity contribution < 1.29 is 33.3 Å². The van der Waals surface area contributed by atoms with Crippen LogP contribution in [-0.4, -0.2) is 42.8 Å². The maximum Gasteiger partial charge on any atom is 0.355 e. The first-order valence-electron chi connectivity index (χ1n) is 8.50. The number of ether oxygens (including phenoxy) is 4. The summed E-state index contributed by atoms with van der Waals surface area (Å²) in [7, 11) is 1.26. The Labute approximate surface area is 160 Å². The van der Waals surface area contributed by atoms with Gasteiger partial charge in [-0.25, -0.2) is 9.59 Å². The highest BCUT2D eigenvalue weighted by Crippen LogP contribution is 2.34. The van der Waals surface area contributed by atoms with E-state index in [0.29, 0.717) is 28.4 Å². The Morgan fingerprint density at radius 3 is 2.57 bits per heavy atom. The van der Waals surface area contributed by atoms with Crippen molar-refractivity contribution in [2.75, 3.05) is 19.2 Å². The van der Waals surface area contributed by atoms with Gasteiger partial charge in [-0.2, -0.15) is 0 Å². The van der Waals surface area contributed by atoms with E-state index in [4.69, 9.17) is 18.9 Å². The molecule has 28 heavy (non-hydrogen) atoms. The van der Waals surface area contributed by atoms with E-state index in [1.807, 2.05) is 0 Å². The second kappa shape index (κ2) is 7.63. The molecule has 0 aliphatic carbocycles. The number of methoxy groups -OCH3 is 1. The molecule has 2 aromatic rings. The van der Waals surface area contributed by atoms with Gasteiger partial charge in [-0.15, -0.1) is 0 Å². The maximum absolute atomic E-state index is 12.4.